The van der Waals surface area contributed by atoms with Crippen LogP contribution in [0.2, 0.25) is 0 Å². The normalized spacial score (nSPS) is 10.2. The van der Waals surface area contributed by atoms with E-state index >= 15 is 0 Å². The zero-order valence-corrected chi connectivity index (χ0v) is 11.1. The van der Waals surface area contributed by atoms with E-state index in [0.29, 0.717) is 4.47 Å². The predicted octanol–water partition coefficient (Wildman–Crippen LogP) is 3.87. The molecule has 0 radical (unpaired) electrons. The monoisotopic (exact) mass is 326 g/mol. The number of hydrogen-bond acceptors (Lipinski definition) is 4. The average Bonchev–Trinajstić information content (AvgIpc) is 2.36. The SMILES string of the molecule is Nc1cc([N+](=O)[O-])ccc1Oc1cc(Br)ccc1F. The van der Waals surface area contributed by atoms with Crippen molar-refractivity contribution >= 4 is 27.3 Å². The second-order valence-corrected chi connectivity index (χ2v) is 4.57. The zero-order valence-electron chi connectivity index (χ0n) is 9.47. The maximum Gasteiger partial charge on any atom is 0.271 e. The highest BCUT2D eigenvalue weighted by atomic mass is 79.9. The van der Waals surface area contributed by atoms with Crippen molar-refractivity contribution in [2.45, 2.75) is 0 Å². The maximum atomic E-state index is 13.5. The number of nitrogens with zero attached hydrogens (tertiary/aromatic N) is 1. The number of ether oxygens (including phenoxy) is 1. The maximum absolute atomic E-state index is 13.5. The van der Waals surface area contributed by atoms with Crippen molar-refractivity contribution in [3.63, 3.8) is 0 Å². The zero-order chi connectivity index (χ0) is 14.0. The first-order valence-corrected chi connectivity index (χ1v) is 5.93. The lowest BCUT2D eigenvalue weighted by Gasteiger charge is -2.09. The molecule has 2 N–H and O–H groups in total. The van der Waals surface area contributed by atoms with Gasteiger partial charge in [0.1, 0.15) is 0 Å². The number of rotatable bonds is 3. The van der Waals surface area contributed by atoms with Gasteiger partial charge in [-0.15, -0.1) is 0 Å². The van der Waals surface area contributed by atoms with Crippen LogP contribution in [0.4, 0.5) is 15.8 Å². The van der Waals surface area contributed by atoms with Crippen LogP contribution in [0.25, 0.3) is 0 Å². The van der Waals surface area contributed by atoms with Gasteiger partial charge in [0, 0.05) is 16.6 Å². The first-order chi connectivity index (χ1) is 8.97. The number of non-ortho nitro benzene ring substituents is 1. The molecule has 2 aromatic rings. The van der Waals surface area contributed by atoms with Crippen molar-refractivity contribution in [2.24, 2.45) is 0 Å². The van der Waals surface area contributed by atoms with Gasteiger partial charge < -0.3 is 10.5 Å². The Balaban J connectivity index is 2.33. The number of nitro benzene ring substituents is 1. The van der Waals surface area contributed by atoms with Crippen molar-refractivity contribution in [1.82, 2.24) is 0 Å². The van der Waals surface area contributed by atoms with Gasteiger partial charge in [0.25, 0.3) is 5.69 Å². The van der Waals surface area contributed by atoms with Gasteiger partial charge in [-0.05, 0) is 24.3 Å². The minimum Gasteiger partial charge on any atom is -0.452 e. The molecule has 19 heavy (non-hydrogen) atoms. The van der Waals surface area contributed by atoms with Crippen LogP contribution < -0.4 is 10.5 Å². The summed E-state index contributed by atoms with van der Waals surface area (Å²) in [4.78, 5) is 9.99. The lowest BCUT2D eigenvalue weighted by molar-refractivity contribution is -0.384. The van der Waals surface area contributed by atoms with Gasteiger partial charge in [-0.25, -0.2) is 4.39 Å². The Morgan fingerprint density at radius 3 is 2.58 bits per heavy atom. The van der Waals surface area contributed by atoms with E-state index in [-0.39, 0.29) is 22.9 Å². The summed E-state index contributed by atoms with van der Waals surface area (Å²) in [7, 11) is 0. The summed E-state index contributed by atoms with van der Waals surface area (Å²) in [5, 5.41) is 10.6. The fourth-order valence-corrected chi connectivity index (χ4v) is 1.76. The molecule has 0 spiro atoms. The van der Waals surface area contributed by atoms with Crippen LogP contribution in [-0.4, -0.2) is 4.92 Å². The molecule has 0 aliphatic carbocycles. The molecule has 0 saturated heterocycles. The third-order valence-electron chi connectivity index (χ3n) is 2.32. The Hall–Kier alpha value is -2.15. The fraction of sp³-hybridized carbons (Fsp3) is 0. The van der Waals surface area contributed by atoms with Crippen LogP contribution in [0.1, 0.15) is 0 Å². The van der Waals surface area contributed by atoms with E-state index in [0.717, 1.165) is 6.07 Å². The highest BCUT2D eigenvalue weighted by Crippen LogP contribution is 2.33. The Kier molecular flexibility index (Phi) is 3.66. The van der Waals surface area contributed by atoms with E-state index in [1.807, 2.05) is 0 Å². The van der Waals surface area contributed by atoms with Crippen LogP contribution in [-0.2, 0) is 0 Å². The lowest BCUT2D eigenvalue weighted by atomic mass is 10.2. The summed E-state index contributed by atoms with van der Waals surface area (Å²) in [5.74, 6) is -0.418. The number of benzene rings is 2. The summed E-state index contributed by atoms with van der Waals surface area (Å²) < 4.78 is 19.4. The molecule has 98 valence electrons. The topological polar surface area (TPSA) is 78.4 Å². The van der Waals surface area contributed by atoms with E-state index < -0.39 is 10.7 Å². The summed E-state index contributed by atoms with van der Waals surface area (Å²) in [6, 6.07) is 7.93. The highest BCUT2D eigenvalue weighted by Gasteiger charge is 2.12. The Labute approximate surface area is 116 Å². The molecular weight excluding hydrogens is 319 g/mol. The molecular formula is C12H8BrFN2O3. The van der Waals surface area contributed by atoms with E-state index in [9.17, 15) is 14.5 Å². The quantitative estimate of drug-likeness (QED) is 0.527. The van der Waals surface area contributed by atoms with Crippen molar-refractivity contribution in [1.29, 1.82) is 0 Å². The summed E-state index contributed by atoms with van der Waals surface area (Å²) in [5.41, 5.74) is 5.54. The smallest absolute Gasteiger partial charge is 0.271 e. The molecule has 0 fully saturated rings. The second-order valence-electron chi connectivity index (χ2n) is 3.66. The van der Waals surface area contributed by atoms with Gasteiger partial charge in [0.2, 0.25) is 0 Å². The standard InChI is InChI=1S/C12H8BrFN2O3/c13-7-1-3-9(14)12(5-7)19-11-4-2-8(16(17)18)6-10(11)15/h1-6H,15H2. The van der Waals surface area contributed by atoms with E-state index in [2.05, 4.69) is 15.9 Å². The van der Waals surface area contributed by atoms with Crippen molar-refractivity contribution in [3.8, 4) is 11.5 Å². The molecule has 2 aromatic carbocycles. The van der Waals surface area contributed by atoms with Gasteiger partial charge in [-0.1, -0.05) is 15.9 Å². The summed E-state index contributed by atoms with van der Waals surface area (Å²) >= 11 is 3.19. The molecule has 0 aromatic heterocycles. The van der Waals surface area contributed by atoms with Crippen molar-refractivity contribution in [2.75, 3.05) is 5.73 Å². The number of nitro groups is 1. The lowest BCUT2D eigenvalue weighted by Crippen LogP contribution is -1.96. The third kappa shape index (κ3) is 3.00. The molecule has 0 saturated carbocycles. The minimum atomic E-state index is -0.570. The van der Waals surface area contributed by atoms with E-state index in [4.69, 9.17) is 10.5 Å². The first-order valence-electron chi connectivity index (χ1n) is 5.14. The Bertz CT molecular complexity index is 649. The Morgan fingerprint density at radius 2 is 1.95 bits per heavy atom. The van der Waals surface area contributed by atoms with E-state index in [1.54, 1.807) is 0 Å². The number of anilines is 1. The first kappa shape index (κ1) is 13.3. The number of nitrogen functional groups attached to an aromatic ring is 1. The molecule has 0 amide bonds. The van der Waals surface area contributed by atoms with Crippen LogP contribution in [0.5, 0.6) is 11.5 Å². The summed E-state index contributed by atoms with van der Waals surface area (Å²) in [6.45, 7) is 0. The molecule has 0 unspecified atom stereocenters. The molecule has 0 bridgehead atoms. The predicted molar refractivity (Wildman–Crippen MR) is 71.7 cm³/mol. The number of nitrogens with two attached hydrogens (primary N) is 1. The second kappa shape index (κ2) is 5.23. The molecule has 0 atom stereocenters. The third-order valence-corrected chi connectivity index (χ3v) is 2.81. The van der Waals surface area contributed by atoms with Gasteiger partial charge in [-0.3, -0.25) is 10.1 Å². The van der Waals surface area contributed by atoms with Crippen LogP contribution in [0.3, 0.4) is 0 Å². The average molecular weight is 327 g/mol. The molecule has 2 rings (SSSR count). The molecule has 0 aliphatic rings. The largest absolute Gasteiger partial charge is 0.452 e. The molecule has 0 aliphatic heterocycles. The van der Waals surface area contributed by atoms with Gasteiger partial charge >= 0.3 is 0 Å². The molecule has 5 nitrogen and oxygen atoms in total. The van der Waals surface area contributed by atoms with Crippen LogP contribution in [0.15, 0.2) is 40.9 Å². The van der Waals surface area contributed by atoms with Gasteiger partial charge in [0.15, 0.2) is 17.3 Å². The Morgan fingerprint density at radius 1 is 1.21 bits per heavy atom. The highest BCUT2D eigenvalue weighted by molar-refractivity contribution is 9.10. The van der Waals surface area contributed by atoms with Crippen molar-refractivity contribution < 1.29 is 14.1 Å². The van der Waals surface area contributed by atoms with Gasteiger partial charge in [0.05, 0.1) is 10.6 Å². The van der Waals surface area contributed by atoms with Crippen LogP contribution in [0, 0.1) is 15.9 Å². The summed E-state index contributed by atoms with van der Waals surface area (Å²) in [6.07, 6.45) is 0. The molecule has 7 heteroatoms. The fourth-order valence-electron chi connectivity index (χ4n) is 1.42. The van der Waals surface area contributed by atoms with E-state index in [1.165, 1.54) is 30.3 Å². The van der Waals surface area contributed by atoms with Crippen LogP contribution >= 0.6 is 15.9 Å². The molecule has 0 heterocycles. The van der Waals surface area contributed by atoms with Gasteiger partial charge in [-0.2, -0.15) is 0 Å². The number of halogens is 2. The number of hydrogen-bond donors (Lipinski definition) is 1. The van der Waals surface area contributed by atoms with Crippen molar-refractivity contribution in [3.05, 3.63) is 56.8 Å². The minimum absolute atomic E-state index is 0.0186.